The molecule has 0 bridgehead atoms. The first-order chi connectivity index (χ1) is 7.77. The highest BCUT2D eigenvalue weighted by molar-refractivity contribution is 5.79. The molecular formula is C12H18N2O2. The van der Waals surface area contributed by atoms with Gasteiger partial charge in [-0.05, 0) is 38.4 Å². The molecule has 2 rings (SSSR count). The van der Waals surface area contributed by atoms with Crippen molar-refractivity contribution in [1.29, 1.82) is 0 Å². The van der Waals surface area contributed by atoms with Crippen molar-refractivity contribution in [3.63, 3.8) is 0 Å². The fourth-order valence-corrected chi connectivity index (χ4v) is 2.02. The van der Waals surface area contributed by atoms with Crippen LogP contribution in [0.4, 0.5) is 0 Å². The van der Waals surface area contributed by atoms with E-state index in [1.807, 2.05) is 19.1 Å². The molecule has 1 unspecified atom stereocenters. The second kappa shape index (κ2) is 5.16. The van der Waals surface area contributed by atoms with E-state index in [0.29, 0.717) is 0 Å². The fraction of sp³-hybridized carbons (Fsp3) is 0.583. The first kappa shape index (κ1) is 11.2. The van der Waals surface area contributed by atoms with Gasteiger partial charge in [-0.3, -0.25) is 4.79 Å². The number of hydrogen-bond donors (Lipinski definition) is 2. The zero-order chi connectivity index (χ0) is 11.4. The summed E-state index contributed by atoms with van der Waals surface area (Å²) in [7, 11) is 0. The van der Waals surface area contributed by atoms with E-state index >= 15 is 0 Å². The number of carbonyl (C=O) groups is 1. The molecule has 4 heteroatoms. The van der Waals surface area contributed by atoms with Gasteiger partial charge in [-0.25, -0.2) is 0 Å². The Balaban J connectivity index is 1.86. The predicted octanol–water partition coefficient (Wildman–Crippen LogP) is 1.46. The quantitative estimate of drug-likeness (QED) is 0.814. The summed E-state index contributed by atoms with van der Waals surface area (Å²) >= 11 is 0. The summed E-state index contributed by atoms with van der Waals surface area (Å²) in [5, 5.41) is 6.22. The van der Waals surface area contributed by atoms with Gasteiger partial charge in [0.15, 0.2) is 0 Å². The smallest absolute Gasteiger partial charge is 0.224 e. The molecule has 2 N–H and O–H groups in total. The molecule has 16 heavy (non-hydrogen) atoms. The number of rotatable bonds is 3. The average molecular weight is 222 g/mol. The molecule has 0 aromatic carbocycles. The Hall–Kier alpha value is -1.29. The van der Waals surface area contributed by atoms with E-state index < -0.39 is 0 Å². The van der Waals surface area contributed by atoms with Crippen molar-refractivity contribution in [2.24, 2.45) is 5.92 Å². The van der Waals surface area contributed by atoms with Crippen LogP contribution in [-0.2, 0) is 4.79 Å². The van der Waals surface area contributed by atoms with Crippen LogP contribution in [0.15, 0.2) is 22.8 Å². The number of carbonyl (C=O) groups excluding carboxylic acids is 1. The van der Waals surface area contributed by atoms with Gasteiger partial charge < -0.3 is 15.1 Å². The topological polar surface area (TPSA) is 54.3 Å². The maximum absolute atomic E-state index is 11.9. The zero-order valence-electron chi connectivity index (χ0n) is 9.53. The summed E-state index contributed by atoms with van der Waals surface area (Å²) in [4.78, 5) is 11.9. The minimum atomic E-state index is -0.0515. The summed E-state index contributed by atoms with van der Waals surface area (Å²) in [6, 6.07) is 3.66. The van der Waals surface area contributed by atoms with Crippen molar-refractivity contribution < 1.29 is 9.21 Å². The molecule has 1 aromatic heterocycles. The fourth-order valence-electron chi connectivity index (χ4n) is 2.02. The Morgan fingerprint density at radius 2 is 2.56 bits per heavy atom. The van der Waals surface area contributed by atoms with Crippen molar-refractivity contribution >= 4 is 5.91 Å². The second-order valence-corrected chi connectivity index (χ2v) is 4.29. The summed E-state index contributed by atoms with van der Waals surface area (Å²) in [5.41, 5.74) is 0. The van der Waals surface area contributed by atoms with Gasteiger partial charge in [0.2, 0.25) is 5.91 Å². The van der Waals surface area contributed by atoms with E-state index in [4.69, 9.17) is 4.42 Å². The lowest BCUT2D eigenvalue weighted by molar-refractivity contribution is -0.126. The standard InChI is InChI=1S/C12H18N2O2/c1-9(11-5-3-7-16-11)14-12(15)10-4-2-6-13-8-10/h3,5,7,9-10,13H,2,4,6,8H2,1H3,(H,14,15)/t9?,10-/m0/s1. The maximum atomic E-state index is 11.9. The summed E-state index contributed by atoms with van der Waals surface area (Å²) in [6.07, 6.45) is 3.68. The summed E-state index contributed by atoms with van der Waals surface area (Å²) in [6.45, 7) is 3.75. The van der Waals surface area contributed by atoms with Gasteiger partial charge in [0, 0.05) is 6.54 Å². The molecule has 0 radical (unpaired) electrons. The molecule has 1 saturated heterocycles. The van der Waals surface area contributed by atoms with E-state index in [1.165, 1.54) is 0 Å². The Labute approximate surface area is 95.4 Å². The van der Waals surface area contributed by atoms with E-state index in [1.54, 1.807) is 6.26 Å². The van der Waals surface area contributed by atoms with E-state index in [0.717, 1.165) is 31.7 Å². The monoisotopic (exact) mass is 222 g/mol. The number of piperidine rings is 1. The third-order valence-electron chi connectivity index (χ3n) is 3.00. The first-order valence-corrected chi connectivity index (χ1v) is 5.82. The number of hydrogen-bond acceptors (Lipinski definition) is 3. The van der Waals surface area contributed by atoms with Gasteiger partial charge in [-0.2, -0.15) is 0 Å². The third-order valence-corrected chi connectivity index (χ3v) is 3.00. The van der Waals surface area contributed by atoms with Crippen LogP contribution < -0.4 is 10.6 Å². The highest BCUT2D eigenvalue weighted by Gasteiger charge is 2.22. The predicted molar refractivity (Wildman–Crippen MR) is 60.9 cm³/mol. The zero-order valence-corrected chi connectivity index (χ0v) is 9.53. The van der Waals surface area contributed by atoms with Crippen molar-refractivity contribution in [2.75, 3.05) is 13.1 Å². The molecule has 88 valence electrons. The molecule has 1 aliphatic rings. The van der Waals surface area contributed by atoms with Crippen LogP contribution in [0.25, 0.3) is 0 Å². The molecule has 1 aliphatic heterocycles. The van der Waals surface area contributed by atoms with Crippen LogP contribution in [0.5, 0.6) is 0 Å². The molecule has 1 fully saturated rings. The molecule has 2 heterocycles. The van der Waals surface area contributed by atoms with E-state index in [2.05, 4.69) is 10.6 Å². The lowest BCUT2D eigenvalue weighted by atomic mass is 9.98. The largest absolute Gasteiger partial charge is 0.467 e. The van der Waals surface area contributed by atoms with Crippen molar-refractivity contribution in [3.8, 4) is 0 Å². The van der Waals surface area contributed by atoms with Crippen molar-refractivity contribution in [3.05, 3.63) is 24.2 Å². The maximum Gasteiger partial charge on any atom is 0.224 e. The minimum absolute atomic E-state index is 0.0515. The lowest BCUT2D eigenvalue weighted by Gasteiger charge is -2.23. The molecule has 1 amide bonds. The van der Waals surface area contributed by atoms with Gasteiger partial charge in [0.1, 0.15) is 5.76 Å². The molecule has 0 saturated carbocycles. The molecule has 1 aromatic rings. The van der Waals surface area contributed by atoms with Crippen molar-refractivity contribution in [1.82, 2.24) is 10.6 Å². The number of nitrogens with one attached hydrogen (secondary N) is 2. The Morgan fingerprint density at radius 1 is 1.69 bits per heavy atom. The number of furan rings is 1. The van der Waals surface area contributed by atoms with Crippen LogP contribution >= 0.6 is 0 Å². The van der Waals surface area contributed by atoms with Crippen LogP contribution in [-0.4, -0.2) is 19.0 Å². The molecular weight excluding hydrogens is 204 g/mol. The van der Waals surface area contributed by atoms with Gasteiger partial charge >= 0.3 is 0 Å². The number of amides is 1. The minimum Gasteiger partial charge on any atom is -0.467 e. The van der Waals surface area contributed by atoms with Gasteiger partial charge in [0.25, 0.3) is 0 Å². The molecule has 2 atom stereocenters. The molecule has 4 nitrogen and oxygen atoms in total. The van der Waals surface area contributed by atoms with E-state index in [9.17, 15) is 4.79 Å². The highest BCUT2D eigenvalue weighted by Crippen LogP contribution is 2.15. The van der Waals surface area contributed by atoms with E-state index in [-0.39, 0.29) is 17.9 Å². The Morgan fingerprint density at radius 3 is 3.19 bits per heavy atom. The Bertz CT molecular complexity index is 329. The third kappa shape index (κ3) is 2.64. The second-order valence-electron chi connectivity index (χ2n) is 4.29. The SMILES string of the molecule is CC(NC(=O)[C@H]1CCCNC1)c1ccco1. The van der Waals surface area contributed by atoms with Gasteiger partial charge in [0.05, 0.1) is 18.2 Å². The van der Waals surface area contributed by atoms with Crippen LogP contribution in [0, 0.1) is 5.92 Å². The van der Waals surface area contributed by atoms with Gasteiger partial charge in [-0.15, -0.1) is 0 Å². The first-order valence-electron chi connectivity index (χ1n) is 5.82. The van der Waals surface area contributed by atoms with Crippen molar-refractivity contribution in [2.45, 2.75) is 25.8 Å². The highest BCUT2D eigenvalue weighted by atomic mass is 16.3. The Kier molecular flexibility index (Phi) is 3.62. The van der Waals surface area contributed by atoms with Crippen LogP contribution in [0.2, 0.25) is 0 Å². The molecule has 0 spiro atoms. The lowest BCUT2D eigenvalue weighted by Crippen LogP contribution is -2.41. The van der Waals surface area contributed by atoms with Gasteiger partial charge in [-0.1, -0.05) is 0 Å². The van der Waals surface area contributed by atoms with Crippen LogP contribution in [0.1, 0.15) is 31.6 Å². The summed E-state index contributed by atoms with van der Waals surface area (Å²) in [5.74, 6) is 1.03. The van der Waals surface area contributed by atoms with Crippen LogP contribution in [0.3, 0.4) is 0 Å². The molecule has 0 aliphatic carbocycles. The average Bonchev–Trinajstić information content (AvgIpc) is 2.83. The summed E-state index contributed by atoms with van der Waals surface area (Å²) < 4.78 is 5.25. The normalized spacial score (nSPS) is 22.7.